The van der Waals surface area contributed by atoms with Gasteiger partial charge in [-0.25, -0.2) is 8.42 Å². The summed E-state index contributed by atoms with van der Waals surface area (Å²) in [5.41, 5.74) is 7.59. The number of H-pyrrole nitrogens is 1. The highest BCUT2D eigenvalue weighted by molar-refractivity contribution is 7.90. The number of carbonyl (C=O) groups is 4. The van der Waals surface area contributed by atoms with Crippen LogP contribution in [-0.4, -0.2) is 85.9 Å². The summed E-state index contributed by atoms with van der Waals surface area (Å²) in [6.45, 7) is 20.5. The van der Waals surface area contributed by atoms with Gasteiger partial charge in [-0.1, -0.05) is 91.2 Å². The van der Waals surface area contributed by atoms with Crippen molar-refractivity contribution in [1.29, 1.82) is 0 Å². The highest BCUT2D eigenvalue weighted by Gasteiger charge is 2.30. The number of terminal acetylenes is 2. The molecule has 5 N–H and O–H groups in total. The standard InChI is InChI=1S/C18H36N2O3S.C10H9NO.C8H14N2O2.C5H10O2.C2H6.2C2H2/c1-6-8-9-10-11-12-13-16(14(3)4)17(19)18(21)20-24(22,23)15(5)7-2;12-10-6-7-11-9-5-3-1-2-4-8(9)10;1-9-5-8(12)10-4-2-3-7(10)6-11;1-5(2,3)7-4-6;3*1-2/h12-17H,6-11,19H2,1-5H3,(H,20,21);1-4,6-7H,5H2,(H,11,12);6-7,9H,2-5H2,1H3;4H,1-3H3;1-2H3;2*1-2H/t;;7-;;;;/m..0..../s1. The number of allylic oxidation sites excluding steroid dienone is 4. The molecule has 1 fully saturated rings. The van der Waals surface area contributed by atoms with E-state index in [4.69, 9.17) is 5.73 Å². The van der Waals surface area contributed by atoms with Gasteiger partial charge >= 0.3 is 0 Å². The van der Waals surface area contributed by atoms with Gasteiger partial charge in [0.1, 0.15) is 11.9 Å². The number of nitrogens with one attached hydrogen (secondary N) is 3. The molecule has 3 rings (SSSR count). The number of likely N-dealkylation sites (tertiary alicyclic amines) is 1. The van der Waals surface area contributed by atoms with E-state index in [0.717, 1.165) is 56.2 Å². The minimum atomic E-state index is -3.65. The van der Waals surface area contributed by atoms with Crippen LogP contribution in [0.1, 0.15) is 132 Å². The first-order valence-corrected chi connectivity index (χ1v) is 22.6. The lowest BCUT2D eigenvalue weighted by atomic mass is 9.88. The number of aromatic nitrogens is 1. The first-order valence-electron chi connectivity index (χ1n) is 21.1. The van der Waals surface area contributed by atoms with Crippen molar-refractivity contribution < 1.29 is 32.3 Å². The number of aromatic amines is 1. The van der Waals surface area contributed by atoms with E-state index >= 15 is 0 Å². The molecule has 2 heterocycles. The Balaban J connectivity index is -0.000000369. The van der Waals surface area contributed by atoms with E-state index in [1.807, 2.05) is 78.8 Å². The van der Waals surface area contributed by atoms with Gasteiger partial charge in [0, 0.05) is 42.4 Å². The third-order valence-electron chi connectivity index (χ3n) is 8.84. The number of hydrogen-bond donors (Lipinski definition) is 4. The maximum atomic E-state index is 12.2. The number of rotatable bonds is 16. The molecule has 346 valence electrons. The highest BCUT2D eigenvalue weighted by Crippen LogP contribution is 2.18. The van der Waals surface area contributed by atoms with Gasteiger partial charge in [-0.2, -0.15) is 0 Å². The molecule has 1 saturated heterocycles. The van der Waals surface area contributed by atoms with Gasteiger partial charge in [-0.05, 0) is 78.8 Å². The summed E-state index contributed by atoms with van der Waals surface area (Å²) in [6, 6.07) is 0.510. The van der Waals surface area contributed by atoms with Gasteiger partial charge in [-0.3, -0.25) is 23.9 Å². The van der Waals surface area contributed by atoms with Crippen molar-refractivity contribution in [2.24, 2.45) is 17.6 Å². The summed E-state index contributed by atoms with van der Waals surface area (Å²) in [7, 11) is -1.93. The van der Waals surface area contributed by atoms with E-state index in [1.165, 1.54) is 19.3 Å². The van der Waals surface area contributed by atoms with E-state index in [1.54, 1.807) is 38.1 Å². The molecular formula is C47H79N5O8S. The topological polar surface area (TPSA) is 198 Å². The molecule has 1 aliphatic heterocycles. The molecule has 0 bridgehead atoms. The Bertz CT molecular complexity index is 1630. The van der Waals surface area contributed by atoms with Crippen LogP contribution in [0.5, 0.6) is 0 Å². The fourth-order valence-electron chi connectivity index (χ4n) is 5.34. The van der Waals surface area contributed by atoms with Crippen molar-refractivity contribution in [3.63, 3.8) is 0 Å². The lowest BCUT2D eigenvalue weighted by Gasteiger charge is -2.24. The molecule has 0 saturated carbocycles. The zero-order valence-electron chi connectivity index (χ0n) is 38.9. The molecule has 2 aliphatic rings. The summed E-state index contributed by atoms with van der Waals surface area (Å²) in [5.74, 6) is -0.621. The van der Waals surface area contributed by atoms with Crippen LogP contribution in [0.3, 0.4) is 0 Å². The number of nitrogens with two attached hydrogens (primary N) is 1. The van der Waals surface area contributed by atoms with Crippen molar-refractivity contribution in [1.82, 2.24) is 19.9 Å². The van der Waals surface area contributed by atoms with E-state index in [-0.39, 0.29) is 34.8 Å². The molecule has 4 atom stereocenters. The maximum Gasteiger partial charge on any atom is 0.293 e. The number of aldehydes is 1. The van der Waals surface area contributed by atoms with Gasteiger partial charge in [0.2, 0.25) is 15.9 Å². The van der Waals surface area contributed by atoms with E-state index in [2.05, 4.69) is 58.5 Å². The van der Waals surface area contributed by atoms with Crippen molar-refractivity contribution in [2.75, 3.05) is 20.1 Å². The molecule has 1 aromatic rings. The van der Waals surface area contributed by atoms with Crippen LogP contribution in [0.4, 0.5) is 0 Å². The predicted octanol–water partition coefficient (Wildman–Crippen LogP) is 6.74. The monoisotopic (exact) mass is 874 g/mol. The van der Waals surface area contributed by atoms with Gasteiger partial charge in [0.25, 0.3) is 12.4 Å². The van der Waals surface area contributed by atoms with Gasteiger partial charge < -0.3 is 30.5 Å². The number of amides is 2. The quantitative estimate of drug-likeness (QED) is 0.0598. The average molecular weight is 874 g/mol. The average Bonchev–Trinajstić information content (AvgIpc) is 3.59. The number of carbonyl (C=O) groups excluding carboxylic acids is 4. The number of pyridine rings is 1. The molecule has 3 unspecified atom stereocenters. The number of unbranched alkanes of at least 4 members (excludes halogenated alkanes) is 4. The van der Waals surface area contributed by atoms with Gasteiger partial charge in [0.15, 0.2) is 5.43 Å². The van der Waals surface area contributed by atoms with E-state index < -0.39 is 27.2 Å². The maximum absolute atomic E-state index is 12.2. The summed E-state index contributed by atoms with van der Waals surface area (Å²) < 4.78 is 30.7. The molecule has 1 aliphatic carbocycles. The van der Waals surface area contributed by atoms with E-state index in [9.17, 15) is 32.4 Å². The van der Waals surface area contributed by atoms with Crippen LogP contribution in [-0.2, 0) is 40.4 Å². The number of nitrogens with zero attached hydrogens (tertiary/aromatic N) is 1. The second kappa shape index (κ2) is 38.2. The first-order chi connectivity index (χ1) is 28.9. The Morgan fingerprint density at radius 1 is 1.05 bits per heavy atom. The van der Waals surface area contributed by atoms with Crippen LogP contribution >= 0.6 is 0 Å². The molecular weight excluding hydrogens is 795 g/mol. The Labute approximate surface area is 369 Å². The highest BCUT2D eigenvalue weighted by atomic mass is 32.2. The molecule has 0 aromatic carbocycles. The number of likely N-dealkylation sites (N-methyl/N-ethyl adjacent to an activating group) is 1. The van der Waals surface area contributed by atoms with Crippen LogP contribution in [0, 0.1) is 37.5 Å². The number of fused-ring (bicyclic) bond motifs is 1. The van der Waals surface area contributed by atoms with Gasteiger partial charge in [-0.15, -0.1) is 25.7 Å². The summed E-state index contributed by atoms with van der Waals surface area (Å²) >= 11 is 0. The molecule has 61 heavy (non-hydrogen) atoms. The first kappa shape index (κ1) is 62.9. The molecule has 0 spiro atoms. The smallest absolute Gasteiger partial charge is 0.293 e. The summed E-state index contributed by atoms with van der Waals surface area (Å²) in [4.78, 5) is 59.7. The predicted molar refractivity (Wildman–Crippen MR) is 253 cm³/mol. The lowest BCUT2D eigenvalue weighted by Crippen LogP contribution is -2.50. The Kier molecular flexibility index (Phi) is 39.4. The summed E-state index contributed by atoms with van der Waals surface area (Å²) in [6.07, 6.45) is 39.0. The van der Waals surface area contributed by atoms with Crippen LogP contribution in [0.25, 0.3) is 6.08 Å². The normalized spacial score (nSPS) is 15.0. The molecule has 14 heteroatoms. The minimum Gasteiger partial charge on any atom is -0.462 e. The SMILES string of the molecule is C#C.C#C.CC.CC(C)(C)OC=O.CCCCCCC=CC(C(C)C)C(N)C(=O)NS(=O)(=O)C(C)CC.CNCC(=O)N1CCC[C@H]1C=O.O=c1cc[nH]c2c1C=CC=CC2. The zero-order valence-corrected chi connectivity index (χ0v) is 39.8. The van der Waals surface area contributed by atoms with Crippen LogP contribution in [0.15, 0.2) is 47.4 Å². The second-order valence-electron chi connectivity index (χ2n) is 14.9. The fourth-order valence-corrected chi connectivity index (χ4v) is 6.40. The van der Waals surface area contributed by atoms with Crippen molar-refractivity contribution in [2.45, 2.75) is 150 Å². The molecule has 13 nitrogen and oxygen atoms in total. The second-order valence-corrected chi connectivity index (χ2v) is 17.0. The van der Waals surface area contributed by atoms with Crippen molar-refractivity contribution in [3.8, 4) is 25.7 Å². The molecule has 0 radical (unpaired) electrons. The number of ether oxygens (including phenoxy) is 1. The largest absolute Gasteiger partial charge is 0.462 e. The Hall–Kier alpha value is -4.76. The zero-order chi connectivity index (χ0) is 48.0. The number of hydrogen-bond acceptors (Lipinski definition) is 10. The number of sulfonamides is 1. The summed E-state index contributed by atoms with van der Waals surface area (Å²) in [5, 5.41) is 2.17. The van der Waals surface area contributed by atoms with Gasteiger partial charge in [0.05, 0.1) is 23.9 Å². The third kappa shape index (κ3) is 29.2. The van der Waals surface area contributed by atoms with Crippen LogP contribution in [0.2, 0.25) is 0 Å². The van der Waals surface area contributed by atoms with Crippen molar-refractivity contribution in [3.05, 3.63) is 64.1 Å². The minimum absolute atomic E-state index is 0.0205. The van der Waals surface area contributed by atoms with Crippen molar-refractivity contribution >= 4 is 40.7 Å². The van der Waals surface area contributed by atoms with Crippen LogP contribution < -0.4 is 21.2 Å². The molecule has 2 amide bonds. The molecule has 1 aromatic heterocycles. The third-order valence-corrected chi connectivity index (χ3v) is 10.7. The lowest BCUT2D eigenvalue weighted by molar-refractivity contribution is -0.138. The Morgan fingerprint density at radius 3 is 2.16 bits per heavy atom. The Morgan fingerprint density at radius 2 is 1.67 bits per heavy atom. The fraction of sp³-hybridized carbons (Fsp3) is 0.596. The van der Waals surface area contributed by atoms with E-state index in [0.29, 0.717) is 19.4 Å².